The maximum atomic E-state index is 11.0. The molecule has 0 unspecified atom stereocenters. The van der Waals surface area contributed by atoms with Crippen molar-refractivity contribution in [1.29, 1.82) is 0 Å². The van der Waals surface area contributed by atoms with E-state index in [-0.39, 0.29) is 0 Å². The molecule has 12 heavy (non-hydrogen) atoms. The lowest BCUT2D eigenvalue weighted by Crippen LogP contribution is -2.68. The minimum absolute atomic E-state index is 0.684. The highest BCUT2D eigenvalue weighted by Crippen LogP contribution is 2.19. The zero-order chi connectivity index (χ0) is 9.35. The van der Waals surface area contributed by atoms with Crippen molar-refractivity contribution in [3.63, 3.8) is 0 Å². The average molecular weight is 173 g/mol. The Morgan fingerprint density at radius 2 is 1.83 bits per heavy atom. The SMILES string of the molecule is CN1CCCN(C)C1(O)C(N)=O. The van der Waals surface area contributed by atoms with Crippen LogP contribution < -0.4 is 5.73 Å². The van der Waals surface area contributed by atoms with Crippen molar-refractivity contribution in [1.82, 2.24) is 9.80 Å². The number of primary amides is 1. The summed E-state index contributed by atoms with van der Waals surface area (Å²) >= 11 is 0. The summed E-state index contributed by atoms with van der Waals surface area (Å²) in [6.45, 7) is 1.37. The zero-order valence-electron chi connectivity index (χ0n) is 7.45. The monoisotopic (exact) mass is 173 g/mol. The molecule has 5 heteroatoms. The first-order chi connectivity index (χ1) is 5.49. The van der Waals surface area contributed by atoms with Gasteiger partial charge in [-0.05, 0) is 20.5 Å². The molecule has 1 amide bonds. The summed E-state index contributed by atoms with van der Waals surface area (Å²) in [7, 11) is 3.36. The van der Waals surface area contributed by atoms with Gasteiger partial charge in [-0.15, -0.1) is 0 Å². The second-order valence-corrected chi connectivity index (χ2v) is 3.20. The van der Waals surface area contributed by atoms with E-state index in [1.54, 1.807) is 23.9 Å². The van der Waals surface area contributed by atoms with Crippen LogP contribution >= 0.6 is 0 Å². The molecule has 3 N–H and O–H groups in total. The van der Waals surface area contributed by atoms with Crippen molar-refractivity contribution in [2.75, 3.05) is 27.2 Å². The van der Waals surface area contributed by atoms with E-state index < -0.39 is 11.8 Å². The van der Waals surface area contributed by atoms with Gasteiger partial charge in [-0.3, -0.25) is 14.6 Å². The Hall–Kier alpha value is -0.650. The molecule has 1 aliphatic heterocycles. The topological polar surface area (TPSA) is 69.8 Å². The van der Waals surface area contributed by atoms with Crippen LogP contribution in [0.25, 0.3) is 0 Å². The van der Waals surface area contributed by atoms with Crippen LogP contribution in [0.4, 0.5) is 0 Å². The molecule has 0 radical (unpaired) electrons. The van der Waals surface area contributed by atoms with Gasteiger partial charge in [-0.25, -0.2) is 0 Å². The van der Waals surface area contributed by atoms with E-state index in [0.717, 1.165) is 6.42 Å². The van der Waals surface area contributed by atoms with E-state index in [1.807, 2.05) is 0 Å². The smallest absolute Gasteiger partial charge is 0.281 e. The minimum Gasteiger partial charge on any atom is -0.365 e. The third kappa shape index (κ3) is 1.20. The maximum absolute atomic E-state index is 11.0. The molecule has 0 aromatic carbocycles. The fraction of sp³-hybridized carbons (Fsp3) is 0.857. The molecule has 0 aromatic rings. The first-order valence-electron chi connectivity index (χ1n) is 3.94. The van der Waals surface area contributed by atoms with Gasteiger partial charge in [0.15, 0.2) is 0 Å². The van der Waals surface area contributed by atoms with Gasteiger partial charge in [-0.1, -0.05) is 0 Å². The highest BCUT2D eigenvalue weighted by molar-refractivity contribution is 5.82. The predicted molar refractivity (Wildman–Crippen MR) is 44.0 cm³/mol. The number of hydrogen-bond donors (Lipinski definition) is 2. The molecule has 0 aliphatic carbocycles. The molecule has 0 aromatic heterocycles. The molecular weight excluding hydrogens is 158 g/mol. The molecule has 1 fully saturated rings. The standard InChI is InChI=1S/C7H15N3O2/c1-9-4-3-5-10(2)7(9,12)6(8)11/h12H,3-5H2,1-2H3,(H2,8,11). The lowest BCUT2D eigenvalue weighted by atomic mass is 10.2. The number of carbonyl (C=O) groups is 1. The Balaban J connectivity index is 2.87. The Morgan fingerprint density at radius 3 is 2.08 bits per heavy atom. The number of aliphatic hydroxyl groups is 1. The second kappa shape index (κ2) is 3.01. The van der Waals surface area contributed by atoms with Crippen LogP contribution in [0.2, 0.25) is 0 Å². The van der Waals surface area contributed by atoms with Crippen molar-refractivity contribution >= 4 is 5.91 Å². The molecule has 1 rings (SSSR count). The summed E-state index contributed by atoms with van der Waals surface area (Å²) in [5.41, 5.74) is 5.11. The molecule has 1 saturated heterocycles. The van der Waals surface area contributed by atoms with Crippen LogP contribution in [0.3, 0.4) is 0 Å². The van der Waals surface area contributed by atoms with E-state index in [0.29, 0.717) is 13.1 Å². The lowest BCUT2D eigenvalue weighted by Gasteiger charge is -2.44. The first kappa shape index (κ1) is 9.44. The summed E-state index contributed by atoms with van der Waals surface area (Å²) < 4.78 is 0. The predicted octanol–water partition coefficient (Wildman–Crippen LogP) is -1.61. The summed E-state index contributed by atoms with van der Waals surface area (Å²) in [6, 6.07) is 0. The van der Waals surface area contributed by atoms with Crippen molar-refractivity contribution < 1.29 is 9.90 Å². The third-order valence-corrected chi connectivity index (χ3v) is 2.38. The van der Waals surface area contributed by atoms with Crippen molar-refractivity contribution in [2.45, 2.75) is 12.3 Å². The van der Waals surface area contributed by atoms with Gasteiger partial charge in [0.1, 0.15) is 0 Å². The van der Waals surface area contributed by atoms with Crippen LogP contribution in [0.15, 0.2) is 0 Å². The zero-order valence-corrected chi connectivity index (χ0v) is 7.45. The number of rotatable bonds is 1. The number of nitrogens with zero attached hydrogens (tertiary/aromatic N) is 2. The molecule has 1 aliphatic rings. The molecule has 0 saturated carbocycles. The molecule has 0 atom stereocenters. The van der Waals surface area contributed by atoms with Gasteiger partial charge in [0.05, 0.1) is 0 Å². The maximum Gasteiger partial charge on any atom is 0.281 e. The Kier molecular flexibility index (Phi) is 2.36. The van der Waals surface area contributed by atoms with Crippen molar-refractivity contribution in [2.24, 2.45) is 5.73 Å². The molecule has 1 heterocycles. The lowest BCUT2D eigenvalue weighted by molar-refractivity contribution is -0.213. The van der Waals surface area contributed by atoms with Gasteiger partial charge in [0, 0.05) is 13.1 Å². The largest absolute Gasteiger partial charge is 0.365 e. The van der Waals surface area contributed by atoms with Crippen LogP contribution in [-0.2, 0) is 4.79 Å². The molecule has 0 bridgehead atoms. The number of nitrogens with two attached hydrogens (primary N) is 1. The summed E-state index contributed by atoms with van der Waals surface area (Å²) in [6.07, 6.45) is 0.933. The Bertz CT molecular complexity index is 185. The number of hydrogen-bond acceptors (Lipinski definition) is 4. The Morgan fingerprint density at radius 1 is 1.42 bits per heavy atom. The first-order valence-corrected chi connectivity index (χ1v) is 3.94. The number of likely N-dealkylation sites (N-methyl/N-ethyl adjacent to an activating group) is 2. The normalized spacial score (nSPS) is 25.6. The van der Waals surface area contributed by atoms with E-state index in [1.165, 1.54) is 0 Å². The number of carbonyl (C=O) groups excluding carboxylic acids is 1. The highest BCUT2D eigenvalue weighted by atomic mass is 16.4. The quantitative estimate of drug-likeness (QED) is 0.500. The summed E-state index contributed by atoms with van der Waals surface area (Å²) in [5, 5.41) is 9.86. The molecular formula is C7H15N3O2. The van der Waals surface area contributed by atoms with Gasteiger partial charge in [0.2, 0.25) is 0 Å². The molecule has 5 nitrogen and oxygen atoms in total. The minimum atomic E-state index is -1.60. The van der Waals surface area contributed by atoms with E-state index >= 15 is 0 Å². The third-order valence-electron chi connectivity index (χ3n) is 2.38. The van der Waals surface area contributed by atoms with Gasteiger partial charge in [-0.2, -0.15) is 0 Å². The van der Waals surface area contributed by atoms with Crippen LogP contribution in [0.1, 0.15) is 6.42 Å². The second-order valence-electron chi connectivity index (χ2n) is 3.20. The number of amides is 1. The Labute approximate surface area is 71.7 Å². The van der Waals surface area contributed by atoms with E-state index in [2.05, 4.69) is 0 Å². The van der Waals surface area contributed by atoms with E-state index in [4.69, 9.17) is 5.73 Å². The van der Waals surface area contributed by atoms with Crippen LogP contribution in [0.5, 0.6) is 0 Å². The summed E-state index contributed by atoms with van der Waals surface area (Å²) in [4.78, 5) is 14.1. The highest BCUT2D eigenvalue weighted by Gasteiger charge is 2.44. The molecule has 0 spiro atoms. The van der Waals surface area contributed by atoms with Crippen LogP contribution in [0, 0.1) is 0 Å². The van der Waals surface area contributed by atoms with Crippen LogP contribution in [-0.4, -0.2) is 53.8 Å². The average Bonchev–Trinajstić information content (AvgIpc) is 1.99. The van der Waals surface area contributed by atoms with Crippen molar-refractivity contribution in [3.05, 3.63) is 0 Å². The van der Waals surface area contributed by atoms with Gasteiger partial charge < -0.3 is 10.8 Å². The molecule has 70 valence electrons. The van der Waals surface area contributed by atoms with E-state index in [9.17, 15) is 9.90 Å². The fourth-order valence-electron chi connectivity index (χ4n) is 1.52. The fourth-order valence-corrected chi connectivity index (χ4v) is 1.52. The summed E-state index contributed by atoms with van der Waals surface area (Å²) in [5.74, 6) is -2.31. The van der Waals surface area contributed by atoms with Crippen molar-refractivity contribution in [3.8, 4) is 0 Å². The van der Waals surface area contributed by atoms with Gasteiger partial charge >= 0.3 is 0 Å². The van der Waals surface area contributed by atoms with Gasteiger partial charge in [0.25, 0.3) is 11.8 Å².